The molecule has 2 rings (SSSR count). The molecule has 4 nitrogen and oxygen atoms in total. The van der Waals surface area contributed by atoms with Gasteiger partial charge in [-0.05, 0) is 49.9 Å². The van der Waals surface area contributed by atoms with E-state index in [1.165, 1.54) is 28.7 Å². The second kappa shape index (κ2) is 7.74. The molecule has 0 aliphatic rings. The van der Waals surface area contributed by atoms with Crippen LogP contribution in [0.3, 0.4) is 0 Å². The zero-order valence-electron chi connectivity index (χ0n) is 13.4. The van der Waals surface area contributed by atoms with Crippen LogP contribution in [0, 0.1) is 20.8 Å². The van der Waals surface area contributed by atoms with Crippen LogP contribution in [-0.4, -0.2) is 28.3 Å². The van der Waals surface area contributed by atoms with Crippen molar-refractivity contribution < 1.29 is 4.79 Å². The molecule has 1 heterocycles. The predicted octanol–water partition coefficient (Wildman–Crippen LogP) is 4.26. The third-order valence-corrected chi connectivity index (χ3v) is 5.41. The lowest BCUT2D eigenvalue weighted by Gasteiger charge is -2.08. The molecule has 6 heteroatoms. The number of benzene rings is 1. The van der Waals surface area contributed by atoms with Gasteiger partial charge in [0.2, 0.25) is 5.13 Å². The van der Waals surface area contributed by atoms with Gasteiger partial charge >= 0.3 is 0 Å². The van der Waals surface area contributed by atoms with Gasteiger partial charge in [-0.25, -0.2) is 0 Å². The Hall–Kier alpha value is -1.40. The van der Waals surface area contributed by atoms with Gasteiger partial charge < -0.3 is 5.32 Å². The fourth-order valence-corrected chi connectivity index (χ4v) is 3.70. The van der Waals surface area contributed by atoms with Crippen LogP contribution in [0.1, 0.15) is 40.4 Å². The summed E-state index contributed by atoms with van der Waals surface area (Å²) < 4.78 is 0.827. The summed E-state index contributed by atoms with van der Waals surface area (Å²) >= 11 is 2.95. The predicted molar refractivity (Wildman–Crippen MR) is 94.4 cm³/mol. The average molecular weight is 335 g/mol. The molecule has 1 aromatic carbocycles. The summed E-state index contributed by atoms with van der Waals surface area (Å²) in [6, 6.07) is 4.06. The van der Waals surface area contributed by atoms with Crippen LogP contribution >= 0.6 is 23.1 Å². The monoisotopic (exact) mass is 335 g/mol. The largest absolute Gasteiger partial charge is 0.360 e. The summed E-state index contributed by atoms with van der Waals surface area (Å²) in [6.45, 7) is 9.09. The van der Waals surface area contributed by atoms with Crippen LogP contribution in [0.4, 0.5) is 5.13 Å². The van der Waals surface area contributed by atoms with Crippen LogP contribution in [0.15, 0.2) is 16.5 Å². The number of hydrogen-bond donors (Lipinski definition) is 1. The van der Waals surface area contributed by atoms with E-state index in [1.54, 1.807) is 0 Å². The number of nitrogens with zero attached hydrogens (tertiary/aromatic N) is 2. The van der Waals surface area contributed by atoms with Gasteiger partial charge in [-0.15, -0.1) is 10.2 Å². The molecule has 0 radical (unpaired) electrons. The van der Waals surface area contributed by atoms with Gasteiger partial charge in [0.1, 0.15) is 0 Å². The molecule has 0 atom stereocenters. The number of Topliss-reactive ketones (excluding diaryl/α,β-unsaturated/α-hetero) is 1. The van der Waals surface area contributed by atoms with Crippen molar-refractivity contribution in [3.63, 3.8) is 0 Å². The van der Waals surface area contributed by atoms with E-state index in [4.69, 9.17) is 0 Å². The number of carbonyl (C=O) groups is 1. The Morgan fingerprint density at radius 1 is 1.18 bits per heavy atom. The summed E-state index contributed by atoms with van der Waals surface area (Å²) in [5, 5.41) is 12.2. The second-order valence-corrected chi connectivity index (χ2v) is 7.46. The average Bonchev–Trinajstić information content (AvgIpc) is 2.94. The summed E-state index contributed by atoms with van der Waals surface area (Å²) in [4.78, 5) is 12.4. The zero-order chi connectivity index (χ0) is 16.1. The van der Waals surface area contributed by atoms with E-state index in [0.29, 0.717) is 5.75 Å². The summed E-state index contributed by atoms with van der Waals surface area (Å²) in [6.07, 6.45) is 1.05. The third kappa shape index (κ3) is 4.30. The highest BCUT2D eigenvalue weighted by atomic mass is 32.2. The molecule has 0 fully saturated rings. The van der Waals surface area contributed by atoms with Crippen LogP contribution in [0.5, 0.6) is 0 Å². The fraction of sp³-hybridized carbons (Fsp3) is 0.438. The van der Waals surface area contributed by atoms with Crippen LogP contribution < -0.4 is 5.32 Å². The number of aromatic nitrogens is 2. The third-order valence-electron chi connectivity index (χ3n) is 3.40. The minimum absolute atomic E-state index is 0.142. The quantitative estimate of drug-likeness (QED) is 0.605. The second-order valence-electron chi connectivity index (χ2n) is 5.26. The van der Waals surface area contributed by atoms with Crippen LogP contribution in [0.25, 0.3) is 0 Å². The molecule has 22 heavy (non-hydrogen) atoms. The number of hydrogen-bond acceptors (Lipinski definition) is 6. The van der Waals surface area contributed by atoms with Crippen molar-refractivity contribution in [3.05, 3.63) is 34.4 Å². The topological polar surface area (TPSA) is 54.9 Å². The first-order valence-corrected chi connectivity index (χ1v) is 9.12. The molecule has 118 valence electrons. The minimum Gasteiger partial charge on any atom is -0.360 e. The Morgan fingerprint density at radius 2 is 1.91 bits per heavy atom. The summed E-state index contributed by atoms with van der Waals surface area (Å²) in [5.41, 5.74) is 4.22. The smallest absolute Gasteiger partial charge is 0.206 e. The van der Waals surface area contributed by atoms with Crippen molar-refractivity contribution in [2.75, 3.05) is 17.6 Å². The Labute approximate surface area is 139 Å². The summed E-state index contributed by atoms with van der Waals surface area (Å²) in [5.74, 6) is 0.537. The highest BCUT2D eigenvalue weighted by Gasteiger charge is 2.13. The number of ketones is 1. The lowest BCUT2D eigenvalue weighted by Crippen LogP contribution is -2.06. The SMILES string of the molecule is CCCNc1nnc(SCC(=O)c2cc(C)c(C)cc2C)s1. The number of nitrogens with one attached hydrogen (secondary N) is 1. The number of carbonyl (C=O) groups excluding carboxylic acids is 1. The van der Waals surface area contributed by atoms with Crippen molar-refractivity contribution in [3.8, 4) is 0 Å². The van der Waals surface area contributed by atoms with E-state index in [9.17, 15) is 4.79 Å². The molecular weight excluding hydrogens is 314 g/mol. The van der Waals surface area contributed by atoms with Gasteiger partial charge in [0.25, 0.3) is 0 Å². The van der Waals surface area contributed by atoms with Gasteiger partial charge in [0, 0.05) is 12.1 Å². The molecular formula is C16H21N3OS2. The normalized spacial score (nSPS) is 10.7. The number of anilines is 1. The molecule has 0 bridgehead atoms. The van der Waals surface area contributed by atoms with Gasteiger partial charge in [0.05, 0.1) is 5.75 Å². The van der Waals surface area contributed by atoms with Crippen molar-refractivity contribution in [1.82, 2.24) is 10.2 Å². The van der Waals surface area contributed by atoms with Gasteiger partial charge in [-0.3, -0.25) is 4.79 Å². The maximum absolute atomic E-state index is 12.4. The van der Waals surface area contributed by atoms with Crippen molar-refractivity contribution in [1.29, 1.82) is 0 Å². The lowest BCUT2D eigenvalue weighted by molar-refractivity contribution is 0.102. The molecule has 2 aromatic rings. The van der Waals surface area contributed by atoms with E-state index < -0.39 is 0 Å². The molecule has 0 aliphatic carbocycles. The number of aryl methyl sites for hydroxylation is 3. The maximum atomic E-state index is 12.4. The Kier molecular flexibility index (Phi) is 5.97. The van der Waals surface area contributed by atoms with Crippen molar-refractivity contribution in [2.24, 2.45) is 0 Å². The Morgan fingerprint density at radius 3 is 2.64 bits per heavy atom. The van der Waals surface area contributed by atoms with E-state index in [-0.39, 0.29) is 5.78 Å². The van der Waals surface area contributed by atoms with Crippen LogP contribution in [0.2, 0.25) is 0 Å². The zero-order valence-corrected chi connectivity index (χ0v) is 15.0. The van der Waals surface area contributed by atoms with Gasteiger partial charge in [-0.1, -0.05) is 36.1 Å². The minimum atomic E-state index is 0.142. The summed E-state index contributed by atoms with van der Waals surface area (Å²) in [7, 11) is 0. The first kappa shape index (κ1) is 17.0. The first-order chi connectivity index (χ1) is 10.5. The number of rotatable bonds is 7. The molecule has 0 spiro atoms. The molecule has 0 amide bonds. The highest BCUT2D eigenvalue weighted by molar-refractivity contribution is 8.01. The molecule has 1 N–H and O–H groups in total. The highest BCUT2D eigenvalue weighted by Crippen LogP contribution is 2.26. The van der Waals surface area contributed by atoms with E-state index in [0.717, 1.165) is 39.1 Å². The van der Waals surface area contributed by atoms with E-state index in [2.05, 4.69) is 35.4 Å². The van der Waals surface area contributed by atoms with Crippen molar-refractivity contribution >= 4 is 34.0 Å². The van der Waals surface area contributed by atoms with Gasteiger partial charge in [-0.2, -0.15) is 0 Å². The fourth-order valence-electron chi connectivity index (χ4n) is 2.04. The molecule has 0 aliphatic heterocycles. The molecule has 0 saturated carbocycles. The van der Waals surface area contributed by atoms with E-state index >= 15 is 0 Å². The van der Waals surface area contributed by atoms with E-state index in [1.807, 2.05) is 19.9 Å². The molecule has 0 unspecified atom stereocenters. The Balaban J connectivity index is 1.98. The standard InChI is InChI=1S/C16H21N3OS2/c1-5-6-17-15-18-19-16(22-15)21-9-14(20)13-8-11(3)10(2)7-12(13)4/h7-8H,5-6,9H2,1-4H3,(H,17,18). The lowest BCUT2D eigenvalue weighted by atomic mass is 9.99. The first-order valence-electron chi connectivity index (χ1n) is 7.32. The molecule has 0 saturated heterocycles. The van der Waals surface area contributed by atoms with Crippen LogP contribution in [-0.2, 0) is 0 Å². The maximum Gasteiger partial charge on any atom is 0.206 e. The van der Waals surface area contributed by atoms with Gasteiger partial charge in [0.15, 0.2) is 10.1 Å². The number of thioether (sulfide) groups is 1. The molecule has 1 aromatic heterocycles. The van der Waals surface area contributed by atoms with Crippen molar-refractivity contribution in [2.45, 2.75) is 38.5 Å². The Bertz CT molecular complexity index is 667.